The predicted molar refractivity (Wildman–Crippen MR) is 86.5 cm³/mol. The van der Waals surface area contributed by atoms with Crippen molar-refractivity contribution >= 4 is 11.7 Å². The fourth-order valence-electron chi connectivity index (χ4n) is 3.00. The average Bonchev–Trinajstić information content (AvgIpc) is 2.62. The standard InChI is InChI=1S/C17H20N4O2/c18-16-14(19-8-9-20-16)17(23)21-10-6-13(7-11-21)15(22)12-4-2-1-3-5-12/h1-5,8-9,13,15,22H,6-7,10-11H2,(H2,18,20)/t15-/m0/s1. The molecule has 1 aromatic carbocycles. The van der Waals surface area contributed by atoms with Crippen LogP contribution in [0.2, 0.25) is 0 Å². The number of anilines is 1. The Morgan fingerprint density at radius 2 is 1.83 bits per heavy atom. The summed E-state index contributed by atoms with van der Waals surface area (Å²) in [6, 6.07) is 9.65. The van der Waals surface area contributed by atoms with Crippen molar-refractivity contribution in [2.45, 2.75) is 18.9 Å². The molecule has 0 bridgehead atoms. The number of aliphatic hydroxyl groups excluding tert-OH is 1. The van der Waals surface area contributed by atoms with E-state index in [0.717, 1.165) is 18.4 Å². The first-order valence-electron chi connectivity index (χ1n) is 7.75. The molecule has 2 aromatic rings. The Kier molecular flexibility index (Phi) is 4.52. The summed E-state index contributed by atoms with van der Waals surface area (Å²) in [5.41, 5.74) is 6.85. The van der Waals surface area contributed by atoms with Crippen LogP contribution < -0.4 is 5.73 Å². The first-order valence-corrected chi connectivity index (χ1v) is 7.75. The van der Waals surface area contributed by atoms with Gasteiger partial charge in [-0.3, -0.25) is 4.79 Å². The Balaban J connectivity index is 1.62. The Hall–Kier alpha value is -2.47. The third kappa shape index (κ3) is 3.32. The van der Waals surface area contributed by atoms with Gasteiger partial charge >= 0.3 is 0 Å². The molecular formula is C17H20N4O2. The quantitative estimate of drug-likeness (QED) is 0.899. The SMILES string of the molecule is Nc1nccnc1C(=O)N1CCC([C@@H](O)c2ccccc2)CC1. The second-order valence-electron chi connectivity index (χ2n) is 5.78. The van der Waals surface area contributed by atoms with Gasteiger partial charge in [-0.15, -0.1) is 0 Å². The molecule has 1 aromatic heterocycles. The van der Waals surface area contributed by atoms with Gasteiger partial charge in [-0.25, -0.2) is 9.97 Å². The maximum atomic E-state index is 12.4. The van der Waals surface area contributed by atoms with Gasteiger partial charge in [-0.05, 0) is 24.3 Å². The maximum absolute atomic E-state index is 12.4. The number of hydrogen-bond donors (Lipinski definition) is 2. The fraction of sp³-hybridized carbons (Fsp3) is 0.353. The topological polar surface area (TPSA) is 92.3 Å². The highest BCUT2D eigenvalue weighted by molar-refractivity contribution is 5.96. The minimum absolute atomic E-state index is 0.153. The average molecular weight is 312 g/mol. The molecule has 1 aliphatic heterocycles. The first kappa shape index (κ1) is 15.4. The number of benzene rings is 1. The summed E-state index contributed by atoms with van der Waals surface area (Å²) in [5.74, 6) is 0.118. The number of amides is 1. The van der Waals surface area contributed by atoms with Crippen molar-refractivity contribution in [3.8, 4) is 0 Å². The minimum Gasteiger partial charge on any atom is -0.388 e. The second kappa shape index (κ2) is 6.75. The lowest BCUT2D eigenvalue weighted by atomic mass is 9.87. The van der Waals surface area contributed by atoms with E-state index in [1.165, 1.54) is 12.4 Å². The van der Waals surface area contributed by atoms with Crippen LogP contribution in [0.15, 0.2) is 42.7 Å². The first-order chi connectivity index (χ1) is 11.2. The van der Waals surface area contributed by atoms with Crippen LogP contribution in [0, 0.1) is 5.92 Å². The number of aromatic nitrogens is 2. The summed E-state index contributed by atoms with van der Waals surface area (Å²) in [4.78, 5) is 22.1. The minimum atomic E-state index is -0.491. The molecule has 2 heterocycles. The molecule has 3 N–H and O–H groups in total. The third-order valence-corrected chi connectivity index (χ3v) is 4.34. The molecule has 1 aliphatic rings. The van der Waals surface area contributed by atoms with E-state index in [9.17, 15) is 9.90 Å². The summed E-state index contributed by atoms with van der Waals surface area (Å²) in [6.07, 6.45) is 3.95. The number of carbonyl (C=O) groups is 1. The summed E-state index contributed by atoms with van der Waals surface area (Å²) < 4.78 is 0. The van der Waals surface area contributed by atoms with E-state index in [-0.39, 0.29) is 23.3 Å². The highest BCUT2D eigenvalue weighted by Gasteiger charge is 2.29. The highest BCUT2D eigenvalue weighted by Crippen LogP contribution is 2.31. The van der Waals surface area contributed by atoms with Gasteiger partial charge < -0.3 is 15.7 Å². The third-order valence-electron chi connectivity index (χ3n) is 4.34. The zero-order chi connectivity index (χ0) is 16.2. The zero-order valence-electron chi connectivity index (χ0n) is 12.8. The van der Waals surface area contributed by atoms with Gasteiger partial charge in [0.05, 0.1) is 6.10 Å². The molecule has 3 rings (SSSR count). The van der Waals surface area contributed by atoms with E-state index in [1.54, 1.807) is 4.90 Å². The van der Waals surface area contributed by atoms with Crippen molar-refractivity contribution in [3.63, 3.8) is 0 Å². The lowest BCUT2D eigenvalue weighted by Gasteiger charge is -2.34. The van der Waals surface area contributed by atoms with Crippen LogP contribution in [0.5, 0.6) is 0 Å². The number of nitrogen functional groups attached to an aromatic ring is 1. The summed E-state index contributed by atoms with van der Waals surface area (Å²) in [5, 5.41) is 10.5. The molecule has 23 heavy (non-hydrogen) atoms. The fourth-order valence-corrected chi connectivity index (χ4v) is 3.00. The van der Waals surface area contributed by atoms with Crippen molar-refractivity contribution in [1.29, 1.82) is 0 Å². The lowest BCUT2D eigenvalue weighted by molar-refractivity contribution is 0.0459. The van der Waals surface area contributed by atoms with Gasteiger partial charge in [0.2, 0.25) is 0 Å². The molecular weight excluding hydrogens is 292 g/mol. The van der Waals surface area contributed by atoms with Crippen LogP contribution in [0.25, 0.3) is 0 Å². The maximum Gasteiger partial charge on any atom is 0.276 e. The number of aliphatic hydroxyl groups is 1. The Morgan fingerprint density at radius 1 is 1.17 bits per heavy atom. The largest absolute Gasteiger partial charge is 0.388 e. The molecule has 1 saturated heterocycles. The van der Waals surface area contributed by atoms with E-state index >= 15 is 0 Å². The van der Waals surface area contributed by atoms with Crippen molar-refractivity contribution < 1.29 is 9.90 Å². The van der Waals surface area contributed by atoms with E-state index in [2.05, 4.69) is 9.97 Å². The van der Waals surface area contributed by atoms with Crippen LogP contribution >= 0.6 is 0 Å². The van der Waals surface area contributed by atoms with Crippen LogP contribution in [-0.4, -0.2) is 39.0 Å². The number of nitrogens with two attached hydrogens (primary N) is 1. The van der Waals surface area contributed by atoms with Crippen molar-refractivity contribution in [3.05, 3.63) is 54.0 Å². The van der Waals surface area contributed by atoms with E-state index < -0.39 is 6.10 Å². The highest BCUT2D eigenvalue weighted by atomic mass is 16.3. The molecule has 0 saturated carbocycles. The number of likely N-dealkylation sites (tertiary alicyclic amines) is 1. The van der Waals surface area contributed by atoms with Gasteiger partial charge in [-0.2, -0.15) is 0 Å². The van der Waals surface area contributed by atoms with Gasteiger partial charge in [0.1, 0.15) is 0 Å². The molecule has 0 aliphatic carbocycles. The number of hydrogen-bond acceptors (Lipinski definition) is 5. The molecule has 6 heteroatoms. The molecule has 1 atom stereocenters. The van der Waals surface area contributed by atoms with Gasteiger partial charge in [0.25, 0.3) is 5.91 Å². The van der Waals surface area contributed by atoms with Crippen molar-refractivity contribution in [2.75, 3.05) is 18.8 Å². The zero-order valence-corrected chi connectivity index (χ0v) is 12.8. The lowest BCUT2D eigenvalue weighted by Crippen LogP contribution is -2.40. The van der Waals surface area contributed by atoms with Crippen molar-refractivity contribution in [1.82, 2.24) is 14.9 Å². The Labute approximate surface area is 135 Å². The normalized spacial score (nSPS) is 17.0. The molecule has 120 valence electrons. The van der Waals surface area contributed by atoms with E-state index in [1.807, 2.05) is 30.3 Å². The van der Waals surface area contributed by atoms with Gasteiger partial charge in [0.15, 0.2) is 11.5 Å². The summed E-state index contributed by atoms with van der Waals surface area (Å²) in [6.45, 7) is 1.17. The monoisotopic (exact) mass is 312 g/mol. The number of rotatable bonds is 3. The van der Waals surface area contributed by atoms with Crippen LogP contribution in [-0.2, 0) is 0 Å². The van der Waals surface area contributed by atoms with Crippen LogP contribution in [0.4, 0.5) is 5.82 Å². The Morgan fingerprint density at radius 3 is 2.48 bits per heavy atom. The summed E-state index contributed by atoms with van der Waals surface area (Å²) in [7, 11) is 0. The number of carbonyl (C=O) groups excluding carboxylic acids is 1. The van der Waals surface area contributed by atoms with Gasteiger partial charge in [-0.1, -0.05) is 30.3 Å². The van der Waals surface area contributed by atoms with Crippen molar-refractivity contribution in [2.24, 2.45) is 5.92 Å². The molecule has 0 unspecified atom stereocenters. The van der Waals surface area contributed by atoms with Crippen LogP contribution in [0.3, 0.4) is 0 Å². The molecule has 1 fully saturated rings. The molecule has 0 spiro atoms. The number of nitrogens with zero attached hydrogens (tertiary/aromatic N) is 3. The second-order valence-corrected chi connectivity index (χ2v) is 5.78. The predicted octanol–water partition coefficient (Wildman–Crippen LogP) is 1.64. The van der Waals surface area contributed by atoms with Crippen LogP contribution in [0.1, 0.15) is 35.0 Å². The van der Waals surface area contributed by atoms with E-state index in [4.69, 9.17) is 5.73 Å². The smallest absolute Gasteiger partial charge is 0.276 e. The summed E-state index contributed by atoms with van der Waals surface area (Å²) >= 11 is 0. The Bertz CT molecular complexity index is 669. The van der Waals surface area contributed by atoms with Gasteiger partial charge in [0, 0.05) is 25.5 Å². The van der Waals surface area contributed by atoms with E-state index in [0.29, 0.717) is 13.1 Å². The number of piperidine rings is 1. The molecule has 0 radical (unpaired) electrons. The molecule has 1 amide bonds. The molecule has 6 nitrogen and oxygen atoms in total.